The molecule has 0 amide bonds. The number of allylic oxidation sites excluding steroid dienone is 4. The summed E-state index contributed by atoms with van der Waals surface area (Å²) in [6.07, 6.45) is 83.0. The second-order valence-corrected chi connectivity index (χ2v) is 24.3. The molecule has 79 heavy (non-hydrogen) atoms. The van der Waals surface area contributed by atoms with Gasteiger partial charge in [0, 0.05) is 20.4 Å². The molecule has 0 N–H and O–H groups in total. The van der Waals surface area contributed by atoms with E-state index in [1.807, 2.05) is 0 Å². The second-order valence-electron chi connectivity index (χ2n) is 24.3. The van der Waals surface area contributed by atoms with Gasteiger partial charge in [-0.05, 0) is 113 Å². The van der Waals surface area contributed by atoms with Crippen molar-refractivity contribution in [1.29, 1.82) is 0 Å². The fourth-order valence-electron chi connectivity index (χ4n) is 11.5. The molecule has 2 aromatic rings. The quantitative estimate of drug-likeness (QED) is 0.0273. The van der Waals surface area contributed by atoms with Gasteiger partial charge in [0.2, 0.25) is 0 Å². The molecule has 0 saturated carbocycles. The number of aryl methyl sites for hydroxylation is 2. The molecule has 2 nitrogen and oxygen atoms in total. The average Bonchev–Trinajstić information content (AvgIpc) is 3.45. The Bertz CT molecular complexity index is 1690. The van der Waals surface area contributed by atoms with Crippen LogP contribution in [0.25, 0.3) is 0 Å². The first-order chi connectivity index (χ1) is 38.7. The van der Waals surface area contributed by atoms with Crippen LogP contribution in [0.4, 0.5) is 11.4 Å². The number of rotatable bonds is 59. The minimum Gasteiger partial charge on any atom is -0.251 e. The van der Waals surface area contributed by atoms with Gasteiger partial charge in [0.1, 0.15) is 0 Å². The van der Waals surface area contributed by atoms with Crippen molar-refractivity contribution in [3.8, 4) is 0 Å². The van der Waals surface area contributed by atoms with Crippen LogP contribution in [-0.2, 0) is 33.3 Å². The summed E-state index contributed by atoms with van der Waals surface area (Å²) < 4.78 is 0. The molecule has 2 rings (SSSR count). The van der Waals surface area contributed by atoms with E-state index in [0.717, 1.165) is 56.3 Å². The molecule has 2 aromatic carbocycles. The molecule has 0 radical (unpaired) electrons. The summed E-state index contributed by atoms with van der Waals surface area (Å²) >= 11 is 0. The van der Waals surface area contributed by atoms with Crippen molar-refractivity contribution in [3.63, 3.8) is 0 Å². The maximum absolute atomic E-state index is 5.60. The molecular formula is C76H132N2Pd. The minimum absolute atomic E-state index is 0. The van der Waals surface area contributed by atoms with Gasteiger partial charge < -0.3 is 0 Å². The molecule has 0 atom stereocenters. The van der Waals surface area contributed by atoms with Gasteiger partial charge in [-0.3, -0.25) is 9.98 Å². The van der Waals surface area contributed by atoms with E-state index in [0.29, 0.717) is 0 Å². The van der Waals surface area contributed by atoms with Crippen molar-refractivity contribution < 1.29 is 20.4 Å². The van der Waals surface area contributed by atoms with Crippen LogP contribution < -0.4 is 0 Å². The summed E-state index contributed by atoms with van der Waals surface area (Å²) in [6.45, 7) is 9.25. The van der Waals surface area contributed by atoms with Crippen LogP contribution in [0.3, 0.4) is 0 Å². The van der Waals surface area contributed by atoms with E-state index < -0.39 is 0 Å². The predicted molar refractivity (Wildman–Crippen MR) is 356 cm³/mol. The first kappa shape index (κ1) is 74.9. The van der Waals surface area contributed by atoms with Gasteiger partial charge in [-0.15, -0.1) is 0 Å². The predicted octanol–water partition coefficient (Wildman–Crippen LogP) is 27.1. The van der Waals surface area contributed by atoms with Crippen molar-refractivity contribution in [2.24, 2.45) is 9.98 Å². The van der Waals surface area contributed by atoms with Crippen molar-refractivity contribution in [1.82, 2.24) is 0 Å². The normalized spacial score (nSPS) is 12.2. The number of unbranched alkanes of at least 4 members (excludes halogenated alkanes) is 44. The molecule has 0 aliphatic carbocycles. The summed E-state index contributed by atoms with van der Waals surface area (Å²) in [5.41, 5.74) is 7.55. The Morgan fingerprint density at radius 1 is 0.266 bits per heavy atom. The summed E-state index contributed by atoms with van der Waals surface area (Å²) in [5.74, 6) is 0. The molecule has 0 spiro atoms. The minimum atomic E-state index is 0. The van der Waals surface area contributed by atoms with E-state index in [4.69, 9.17) is 9.98 Å². The molecule has 0 unspecified atom stereocenters. The van der Waals surface area contributed by atoms with E-state index in [9.17, 15) is 0 Å². The van der Waals surface area contributed by atoms with Crippen molar-refractivity contribution in [3.05, 3.63) is 84.0 Å². The van der Waals surface area contributed by atoms with Crippen molar-refractivity contribution in [2.45, 2.75) is 374 Å². The number of para-hydroxylation sites is 2. The Morgan fingerprint density at radius 2 is 0.494 bits per heavy atom. The molecule has 0 fully saturated rings. The largest absolute Gasteiger partial charge is 0.251 e. The number of benzene rings is 2. The number of aliphatic imine (C=N–C) groups is 2. The maximum atomic E-state index is 5.60. The molecule has 0 aliphatic rings. The van der Waals surface area contributed by atoms with Crippen LogP contribution in [0, 0.1) is 0 Å². The standard InChI is InChI=1S/C76H132N2.Pd/c1-5-9-13-16-19-21-23-25-27-29-31-33-35-37-39-41-43-45-47-49-51-53-56-63-71-65-59-61-68-73(71)77-75(67-12-8-4)76(70-58-55-18-15-11-7-3)78-74-69-62-60-66-72(74)64-57-54-52-50-48-46-44-42-40-38-36-34-32-30-28-26-24-22-20-17-14-10-6-2;/h49-52,59-62,65-66,68-69H,5-48,53-58,63-64,67,70H2,1-4H3;. The summed E-state index contributed by atoms with van der Waals surface area (Å²) in [4.78, 5) is 11.2. The van der Waals surface area contributed by atoms with Crippen LogP contribution in [-0.4, -0.2) is 11.4 Å². The van der Waals surface area contributed by atoms with Gasteiger partial charge in [0.05, 0.1) is 22.8 Å². The molecule has 0 saturated heterocycles. The van der Waals surface area contributed by atoms with Gasteiger partial charge in [0.15, 0.2) is 0 Å². The average molecular weight is 1180 g/mol. The van der Waals surface area contributed by atoms with Crippen molar-refractivity contribution >= 4 is 22.8 Å². The Labute approximate surface area is 508 Å². The fraction of sp³-hybridized carbons (Fsp3) is 0.763. The Balaban J connectivity index is 0.0000312. The van der Waals surface area contributed by atoms with Crippen LogP contribution in [0.5, 0.6) is 0 Å². The summed E-state index contributed by atoms with van der Waals surface area (Å²) in [5, 5.41) is 0. The third-order valence-corrected chi connectivity index (χ3v) is 16.8. The molecule has 0 bridgehead atoms. The maximum Gasteiger partial charge on any atom is 0.0665 e. The van der Waals surface area contributed by atoms with E-state index >= 15 is 0 Å². The van der Waals surface area contributed by atoms with E-state index in [1.165, 1.54) is 324 Å². The third kappa shape index (κ3) is 47.0. The van der Waals surface area contributed by atoms with Gasteiger partial charge in [-0.2, -0.15) is 0 Å². The fourth-order valence-corrected chi connectivity index (χ4v) is 11.5. The summed E-state index contributed by atoms with van der Waals surface area (Å²) in [6, 6.07) is 18.0. The molecule has 0 aromatic heterocycles. The number of hydrogen-bond acceptors (Lipinski definition) is 2. The zero-order valence-electron chi connectivity index (χ0n) is 53.3. The number of hydrogen-bond donors (Lipinski definition) is 0. The first-order valence-corrected chi connectivity index (χ1v) is 35.3. The molecule has 0 aliphatic heterocycles. The van der Waals surface area contributed by atoms with E-state index in [1.54, 1.807) is 0 Å². The van der Waals surface area contributed by atoms with Gasteiger partial charge in [0.25, 0.3) is 0 Å². The van der Waals surface area contributed by atoms with Crippen LogP contribution in [0.2, 0.25) is 0 Å². The Kier molecular flexibility index (Phi) is 57.4. The number of nitrogens with zero attached hydrogens (tertiary/aromatic N) is 2. The topological polar surface area (TPSA) is 24.7 Å². The first-order valence-electron chi connectivity index (χ1n) is 35.3. The second kappa shape index (κ2) is 60.5. The smallest absolute Gasteiger partial charge is 0.0665 e. The monoisotopic (exact) mass is 1180 g/mol. The van der Waals surface area contributed by atoms with Crippen LogP contribution in [0.15, 0.2) is 82.8 Å². The van der Waals surface area contributed by atoms with Gasteiger partial charge in [-0.1, -0.05) is 345 Å². The van der Waals surface area contributed by atoms with Gasteiger partial charge >= 0.3 is 0 Å². The third-order valence-electron chi connectivity index (χ3n) is 16.8. The Morgan fingerprint density at radius 3 is 0.785 bits per heavy atom. The van der Waals surface area contributed by atoms with Crippen LogP contribution >= 0.6 is 0 Å². The van der Waals surface area contributed by atoms with Crippen LogP contribution in [0.1, 0.15) is 373 Å². The zero-order valence-corrected chi connectivity index (χ0v) is 54.9. The van der Waals surface area contributed by atoms with E-state index in [2.05, 4.69) is 101 Å². The van der Waals surface area contributed by atoms with E-state index in [-0.39, 0.29) is 20.4 Å². The summed E-state index contributed by atoms with van der Waals surface area (Å²) in [7, 11) is 0. The molecule has 3 heteroatoms. The van der Waals surface area contributed by atoms with Gasteiger partial charge in [-0.25, -0.2) is 0 Å². The molecular weight excluding hydrogens is 1050 g/mol. The van der Waals surface area contributed by atoms with Crippen molar-refractivity contribution in [2.75, 3.05) is 0 Å². The SMILES string of the molecule is CCCCCCCCCCCCCCCCCCCCC=CCCCc1ccccc1N=C(CCCC)C(CCCCCCCC)=Nc1ccccc1CCCC=CCCCCCCCCCCCCCCCCCCCC.[Pd]. The Hall–Kier alpha value is -2.08. The zero-order chi connectivity index (χ0) is 55.5. The molecule has 0 heterocycles. The molecule has 456 valence electrons.